The van der Waals surface area contributed by atoms with Crippen LogP contribution in [0, 0.1) is 0 Å². The fraction of sp³-hybridized carbons (Fsp3) is 0.316. The highest BCUT2D eigenvalue weighted by Crippen LogP contribution is 2.16. The molecule has 0 fully saturated rings. The van der Waals surface area contributed by atoms with Crippen molar-refractivity contribution < 1.29 is 19.0 Å². The summed E-state index contributed by atoms with van der Waals surface area (Å²) >= 11 is 0. The van der Waals surface area contributed by atoms with Gasteiger partial charge in [0.2, 0.25) is 0 Å². The second kappa shape index (κ2) is 10.1. The van der Waals surface area contributed by atoms with Crippen LogP contribution in [0.3, 0.4) is 0 Å². The van der Waals surface area contributed by atoms with Crippen LogP contribution in [-0.4, -0.2) is 32.9 Å². The van der Waals surface area contributed by atoms with E-state index >= 15 is 0 Å². The van der Waals surface area contributed by atoms with Crippen molar-refractivity contribution in [3.63, 3.8) is 0 Å². The van der Waals surface area contributed by atoms with E-state index in [9.17, 15) is 4.79 Å². The van der Waals surface area contributed by atoms with Gasteiger partial charge < -0.3 is 24.8 Å². The zero-order chi connectivity index (χ0) is 17.9. The van der Waals surface area contributed by atoms with Gasteiger partial charge in [-0.2, -0.15) is 0 Å². The summed E-state index contributed by atoms with van der Waals surface area (Å²) in [4.78, 5) is 11.8. The average Bonchev–Trinajstić information content (AvgIpc) is 2.65. The Morgan fingerprint density at radius 2 is 1.48 bits per heavy atom. The number of hydrogen-bond acceptors (Lipinski definition) is 4. The monoisotopic (exact) mass is 344 g/mol. The van der Waals surface area contributed by atoms with Crippen LogP contribution in [0.2, 0.25) is 0 Å². The van der Waals surface area contributed by atoms with Crippen molar-refractivity contribution in [1.29, 1.82) is 0 Å². The number of benzene rings is 2. The largest absolute Gasteiger partial charge is 0.497 e. The van der Waals surface area contributed by atoms with Crippen molar-refractivity contribution in [2.45, 2.75) is 13.5 Å². The molecule has 0 aromatic heterocycles. The Kier molecular flexibility index (Phi) is 7.43. The standard InChI is InChI=1S/C19H24N2O4/c1-3-24-17-6-4-15(5-7-17)14-21-19(22)20-12-13-25-18-10-8-16(23-2)9-11-18/h4-11H,3,12-14H2,1-2H3,(H2,20,21,22). The van der Waals surface area contributed by atoms with E-state index in [4.69, 9.17) is 14.2 Å². The molecule has 25 heavy (non-hydrogen) atoms. The summed E-state index contributed by atoms with van der Waals surface area (Å²) in [7, 11) is 1.62. The molecule has 0 bridgehead atoms. The highest BCUT2D eigenvalue weighted by molar-refractivity contribution is 5.73. The fourth-order valence-corrected chi connectivity index (χ4v) is 2.12. The van der Waals surface area contributed by atoms with E-state index in [0.717, 1.165) is 22.8 Å². The van der Waals surface area contributed by atoms with E-state index in [-0.39, 0.29) is 6.03 Å². The van der Waals surface area contributed by atoms with Crippen LogP contribution in [-0.2, 0) is 6.54 Å². The predicted octanol–water partition coefficient (Wildman–Crippen LogP) is 2.97. The molecular formula is C19H24N2O4. The molecule has 2 aromatic carbocycles. The normalized spacial score (nSPS) is 10.0. The van der Waals surface area contributed by atoms with Gasteiger partial charge in [0, 0.05) is 6.54 Å². The lowest BCUT2D eigenvalue weighted by atomic mass is 10.2. The number of carbonyl (C=O) groups excluding carboxylic acids is 1. The second-order valence-electron chi connectivity index (χ2n) is 5.21. The number of ether oxygens (including phenoxy) is 3. The van der Waals surface area contributed by atoms with Crippen LogP contribution < -0.4 is 24.8 Å². The summed E-state index contributed by atoms with van der Waals surface area (Å²) in [6, 6.07) is 14.7. The van der Waals surface area contributed by atoms with Crippen LogP contribution in [0.5, 0.6) is 17.2 Å². The summed E-state index contributed by atoms with van der Waals surface area (Å²) in [5.41, 5.74) is 1.01. The molecule has 2 amide bonds. The maximum absolute atomic E-state index is 11.8. The molecule has 0 atom stereocenters. The molecule has 0 aliphatic rings. The molecular weight excluding hydrogens is 320 g/mol. The van der Waals surface area contributed by atoms with Crippen LogP contribution in [0.15, 0.2) is 48.5 Å². The van der Waals surface area contributed by atoms with Gasteiger partial charge in [0.05, 0.1) is 20.3 Å². The molecule has 2 rings (SSSR count). The number of nitrogens with one attached hydrogen (secondary N) is 2. The Hall–Kier alpha value is -2.89. The van der Waals surface area contributed by atoms with Crippen LogP contribution in [0.1, 0.15) is 12.5 Å². The number of amides is 2. The van der Waals surface area contributed by atoms with Gasteiger partial charge in [0.15, 0.2) is 0 Å². The summed E-state index contributed by atoms with van der Waals surface area (Å²) in [6.07, 6.45) is 0. The Balaban J connectivity index is 1.61. The Bertz CT molecular complexity index is 641. The number of methoxy groups -OCH3 is 1. The molecule has 0 saturated heterocycles. The first-order valence-electron chi connectivity index (χ1n) is 8.21. The summed E-state index contributed by atoms with van der Waals surface area (Å²) < 4.78 is 16.0. The van der Waals surface area contributed by atoms with E-state index in [0.29, 0.717) is 26.3 Å². The van der Waals surface area contributed by atoms with E-state index < -0.39 is 0 Å². The van der Waals surface area contributed by atoms with Gasteiger partial charge in [-0.1, -0.05) is 12.1 Å². The number of urea groups is 1. The molecule has 2 aromatic rings. The van der Waals surface area contributed by atoms with Crippen molar-refractivity contribution in [2.24, 2.45) is 0 Å². The van der Waals surface area contributed by atoms with Gasteiger partial charge in [0.1, 0.15) is 23.9 Å². The first-order chi connectivity index (χ1) is 12.2. The molecule has 134 valence electrons. The molecule has 0 heterocycles. The Labute approximate surface area is 148 Å². The van der Waals surface area contributed by atoms with Crippen molar-refractivity contribution >= 4 is 6.03 Å². The van der Waals surface area contributed by atoms with Crippen molar-refractivity contribution in [1.82, 2.24) is 10.6 Å². The lowest BCUT2D eigenvalue weighted by molar-refractivity contribution is 0.236. The molecule has 0 aliphatic carbocycles. The highest BCUT2D eigenvalue weighted by atomic mass is 16.5. The zero-order valence-electron chi connectivity index (χ0n) is 14.6. The van der Waals surface area contributed by atoms with Crippen LogP contribution in [0.25, 0.3) is 0 Å². The first kappa shape index (κ1) is 18.4. The molecule has 6 nitrogen and oxygen atoms in total. The summed E-state index contributed by atoms with van der Waals surface area (Å²) in [6.45, 7) is 3.85. The number of rotatable bonds is 9. The molecule has 2 N–H and O–H groups in total. The minimum atomic E-state index is -0.229. The van der Waals surface area contributed by atoms with Gasteiger partial charge in [-0.15, -0.1) is 0 Å². The maximum Gasteiger partial charge on any atom is 0.315 e. The maximum atomic E-state index is 11.8. The van der Waals surface area contributed by atoms with Crippen molar-refractivity contribution in [2.75, 3.05) is 26.9 Å². The third kappa shape index (κ3) is 6.63. The molecule has 0 unspecified atom stereocenters. The Morgan fingerprint density at radius 1 is 0.880 bits per heavy atom. The molecule has 6 heteroatoms. The molecule has 0 radical (unpaired) electrons. The molecule has 0 spiro atoms. The fourth-order valence-electron chi connectivity index (χ4n) is 2.12. The average molecular weight is 344 g/mol. The van der Waals surface area contributed by atoms with Gasteiger partial charge >= 0.3 is 6.03 Å². The first-order valence-corrected chi connectivity index (χ1v) is 8.21. The third-order valence-corrected chi connectivity index (χ3v) is 3.40. The van der Waals surface area contributed by atoms with E-state index in [1.807, 2.05) is 55.5 Å². The minimum Gasteiger partial charge on any atom is -0.497 e. The van der Waals surface area contributed by atoms with Gasteiger partial charge in [-0.25, -0.2) is 4.79 Å². The second-order valence-corrected chi connectivity index (χ2v) is 5.21. The summed E-state index contributed by atoms with van der Waals surface area (Å²) in [5.74, 6) is 2.34. The zero-order valence-corrected chi connectivity index (χ0v) is 14.6. The Morgan fingerprint density at radius 3 is 2.12 bits per heavy atom. The molecule has 0 aliphatic heterocycles. The van der Waals surface area contributed by atoms with Crippen molar-refractivity contribution in [3.05, 3.63) is 54.1 Å². The number of carbonyl (C=O) groups is 1. The van der Waals surface area contributed by atoms with Crippen LogP contribution >= 0.6 is 0 Å². The quantitative estimate of drug-likeness (QED) is 0.686. The third-order valence-electron chi connectivity index (χ3n) is 3.40. The smallest absolute Gasteiger partial charge is 0.315 e. The van der Waals surface area contributed by atoms with Crippen LogP contribution in [0.4, 0.5) is 4.79 Å². The van der Waals surface area contributed by atoms with E-state index in [1.54, 1.807) is 7.11 Å². The number of hydrogen-bond donors (Lipinski definition) is 2. The van der Waals surface area contributed by atoms with Gasteiger partial charge in [-0.3, -0.25) is 0 Å². The lowest BCUT2D eigenvalue weighted by Crippen LogP contribution is -2.37. The van der Waals surface area contributed by atoms with Gasteiger partial charge in [0.25, 0.3) is 0 Å². The predicted molar refractivity (Wildman–Crippen MR) is 96.3 cm³/mol. The molecule has 0 saturated carbocycles. The van der Waals surface area contributed by atoms with Gasteiger partial charge in [-0.05, 0) is 48.9 Å². The summed E-state index contributed by atoms with van der Waals surface area (Å²) in [5, 5.41) is 5.55. The SMILES string of the molecule is CCOc1ccc(CNC(=O)NCCOc2ccc(OC)cc2)cc1. The van der Waals surface area contributed by atoms with Crippen molar-refractivity contribution in [3.8, 4) is 17.2 Å². The lowest BCUT2D eigenvalue weighted by Gasteiger charge is -2.10. The topological polar surface area (TPSA) is 68.8 Å². The minimum absolute atomic E-state index is 0.229. The van der Waals surface area contributed by atoms with E-state index in [2.05, 4.69) is 10.6 Å². The highest BCUT2D eigenvalue weighted by Gasteiger charge is 2.01. The van der Waals surface area contributed by atoms with E-state index in [1.165, 1.54) is 0 Å².